The van der Waals surface area contributed by atoms with Crippen molar-refractivity contribution in [3.8, 4) is 11.5 Å². The maximum absolute atomic E-state index is 13.2. The maximum Gasteiger partial charge on any atom is 0.265 e. The fourth-order valence-electron chi connectivity index (χ4n) is 3.50. The Hall–Kier alpha value is -4.06. The van der Waals surface area contributed by atoms with Crippen molar-refractivity contribution < 1.29 is 14.3 Å². The number of nitrogens with zero attached hydrogens (tertiary/aromatic N) is 1. The molecule has 4 rings (SSSR count). The third kappa shape index (κ3) is 4.81. The Morgan fingerprint density at radius 1 is 0.938 bits per heavy atom. The van der Waals surface area contributed by atoms with Gasteiger partial charge in [0.05, 0.1) is 13.7 Å². The zero-order valence-corrected chi connectivity index (χ0v) is 18.0. The minimum absolute atomic E-state index is 0.101. The molecule has 3 aromatic carbocycles. The van der Waals surface area contributed by atoms with E-state index in [1.165, 1.54) is 4.90 Å². The number of carbonyl (C=O) groups is 1. The van der Waals surface area contributed by atoms with E-state index < -0.39 is 0 Å². The normalized spacial score (nSPS) is 10.7. The van der Waals surface area contributed by atoms with Gasteiger partial charge in [-0.05, 0) is 54.8 Å². The van der Waals surface area contributed by atoms with E-state index in [1.54, 1.807) is 37.4 Å². The third-order valence-corrected chi connectivity index (χ3v) is 5.18. The van der Waals surface area contributed by atoms with Gasteiger partial charge in [0.2, 0.25) is 0 Å². The van der Waals surface area contributed by atoms with Gasteiger partial charge in [-0.15, -0.1) is 0 Å². The highest BCUT2D eigenvalue weighted by molar-refractivity contribution is 5.94. The summed E-state index contributed by atoms with van der Waals surface area (Å²) in [5.41, 5.74) is 2.73. The fraction of sp³-hybridized carbons (Fsp3) is 0.154. The van der Waals surface area contributed by atoms with E-state index in [4.69, 9.17) is 9.47 Å². The third-order valence-electron chi connectivity index (χ3n) is 5.18. The highest BCUT2D eigenvalue weighted by atomic mass is 16.5. The molecule has 32 heavy (non-hydrogen) atoms. The van der Waals surface area contributed by atoms with E-state index in [0.29, 0.717) is 22.7 Å². The molecule has 1 aromatic heterocycles. The molecule has 162 valence electrons. The van der Waals surface area contributed by atoms with Crippen molar-refractivity contribution in [3.05, 3.63) is 100 Å². The van der Waals surface area contributed by atoms with Gasteiger partial charge in [0.25, 0.3) is 11.5 Å². The van der Waals surface area contributed by atoms with Gasteiger partial charge in [-0.25, -0.2) is 0 Å². The summed E-state index contributed by atoms with van der Waals surface area (Å²) in [6.07, 6.45) is 0. The average molecular weight is 428 g/mol. The molecular weight excluding hydrogens is 404 g/mol. The highest BCUT2D eigenvalue weighted by Crippen LogP contribution is 2.24. The number of rotatable bonds is 7. The van der Waals surface area contributed by atoms with Crippen LogP contribution in [0.2, 0.25) is 0 Å². The molecule has 0 aliphatic heterocycles. The Morgan fingerprint density at radius 2 is 1.72 bits per heavy atom. The molecule has 1 N–H and O–H groups in total. The molecule has 6 heteroatoms. The second-order valence-corrected chi connectivity index (χ2v) is 7.50. The monoisotopic (exact) mass is 428 g/mol. The van der Waals surface area contributed by atoms with E-state index in [1.807, 2.05) is 55.5 Å². The van der Waals surface area contributed by atoms with Crippen LogP contribution >= 0.6 is 0 Å². The van der Waals surface area contributed by atoms with E-state index in [-0.39, 0.29) is 24.6 Å². The van der Waals surface area contributed by atoms with Crippen LogP contribution in [0.25, 0.3) is 10.9 Å². The number of aromatic nitrogens is 1. The largest absolute Gasteiger partial charge is 0.497 e. The molecule has 0 atom stereocenters. The summed E-state index contributed by atoms with van der Waals surface area (Å²) in [7, 11) is 1.57. The van der Waals surface area contributed by atoms with Crippen molar-refractivity contribution >= 4 is 22.5 Å². The maximum atomic E-state index is 13.2. The lowest BCUT2D eigenvalue weighted by Gasteiger charge is -2.23. The van der Waals surface area contributed by atoms with Gasteiger partial charge in [-0.3, -0.25) is 9.59 Å². The number of aromatic amines is 1. The van der Waals surface area contributed by atoms with E-state index in [9.17, 15) is 9.59 Å². The summed E-state index contributed by atoms with van der Waals surface area (Å²) in [6, 6.07) is 24.0. The van der Waals surface area contributed by atoms with E-state index in [2.05, 4.69) is 4.98 Å². The highest BCUT2D eigenvalue weighted by Gasteiger charge is 2.19. The van der Waals surface area contributed by atoms with Crippen molar-refractivity contribution in [2.24, 2.45) is 0 Å². The summed E-state index contributed by atoms with van der Waals surface area (Å²) in [5.74, 6) is 0.948. The number of benzene rings is 3. The van der Waals surface area contributed by atoms with Gasteiger partial charge in [0.15, 0.2) is 6.61 Å². The summed E-state index contributed by atoms with van der Waals surface area (Å²) in [6.45, 7) is 1.94. The Balaban J connectivity index is 1.67. The lowest BCUT2D eigenvalue weighted by molar-refractivity contribution is -0.120. The first-order valence-corrected chi connectivity index (χ1v) is 10.3. The molecule has 0 fully saturated rings. The Labute approximate surface area is 186 Å². The number of methoxy groups -OCH3 is 1. The molecule has 1 heterocycles. The Bertz CT molecular complexity index is 1300. The quantitative estimate of drug-likeness (QED) is 0.472. The zero-order valence-electron chi connectivity index (χ0n) is 18.0. The number of anilines is 1. The standard InChI is InChI=1S/C26H24N2O4/c1-18-11-12-24-19(13-18)14-20(26(30)27-24)16-28(21-7-6-10-23(15-21)31-2)25(29)17-32-22-8-4-3-5-9-22/h3-15H,16-17H2,1-2H3,(H,27,30). The first-order chi connectivity index (χ1) is 15.5. The number of aryl methyl sites for hydroxylation is 1. The van der Waals surface area contributed by atoms with E-state index >= 15 is 0 Å². The van der Waals surface area contributed by atoms with Crippen LogP contribution in [0.1, 0.15) is 11.1 Å². The topological polar surface area (TPSA) is 71.6 Å². The van der Waals surface area contributed by atoms with E-state index in [0.717, 1.165) is 16.5 Å². The molecule has 0 aliphatic carbocycles. The first kappa shape index (κ1) is 21.2. The lowest BCUT2D eigenvalue weighted by atomic mass is 10.1. The van der Waals surface area contributed by atoms with Gasteiger partial charge in [-0.2, -0.15) is 0 Å². The number of carbonyl (C=O) groups excluding carboxylic acids is 1. The number of amides is 1. The summed E-state index contributed by atoms with van der Waals surface area (Å²) in [4.78, 5) is 30.4. The number of para-hydroxylation sites is 1. The molecule has 0 bridgehead atoms. The van der Waals surface area contributed by atoms with Gasteiger partial charge in [0, 0.05) is 22.8 Å². The number of pyridine rings is 1. The van der Waals surface area contributed by atoms with Crippen LogP contribution in [0.4, 0.5) is 5.69 Å². The zero-order chi connectivity index (χ0) is 22.5. The smallest absolute Gasteiger partial charge is 0.265 e. The Morgan fingerprint density at radius 3 is 2.50 bits per heavy atom. The van der Waals surface area contributed by atoms with Crippen molar-refractivity contribution in [1.29, 1.82) is 0 Å². The van der Waals surface area contributed by atoms with Crippen molar-refractivity contribution in [3.63, 3.8) is 0 Å². The molecule has 0 aliphatic rings. The number of nitrogens with one attached hydrogen (secondary N) is 1. The van der Waals surface area contributed by atoms with Crippen LogP contribution in [0, 0.1) is 6.92 Å². The summed E-state index contributed by atoms with van der Waals surface area (Å²) < 4.78 is 11.0. The predicted octanol–water partition coefficient (Wildman–Crippen LogP) is 4.46. The predicted molar refractivity (Wildman–Crippen MR) is 125 cm³/mol. The molecule has 1 amide bonds. The minimum Gasteiger partial charge on any atom is -0.497 e. The van der Waals surface area contributed by atoms with Crippen molar-refractivity contribution in [1.82, 2.24) is 4.98 Å². The second-order valence-electron chi connectivity index (χ2n) is 7.50. The second kappa shape index (κ2) is 9.39. The van der Waals surface area contributed by atoms with Gasteiger partial charge in [0.1, 0.15) is 11.5 Å². The van der Waals surface area contributed by atoms with Crippen molar-refractivity contribution in [2.45, 2.75) is 13.5 Å². The van der Waals surface area contributed by atoms with Crippen LogP contribution in [-0.4, -0.2) is 24.6 Å². The van der Waals surface area contributed by atoms with Crippen LogP contribution in [0.5, 0.6) is 11.5 Å². The van der Waals surface area contributed by atoms with Gasteiger partial charge < -0.3 is 19.4 Å². The van der Waals surface area contributed by atoms with Gasteiger partial charge in [-0.1, -0.05) is 35.9 Å². The number of ether oxygens (including phenoxy) is 2. The van der Waals surface area contributed by atoms with Crippen LogP contribution in [0.15, 0.2) is 83.7 Å². The molecule has 0 unspecified atom stereocenters. The number of H-pyrrole nitrogens is 1. The number of fused-ring (bicyclic) bond motifs is 1. The van der Waals surface area contributed by atoms with Gasteiger partial charge >= 0.3 is 0 Å². The fourth-order valence-corrected chi connectivity index (χ4v) is 3.50. The molecule has 4 aromatic rings. The van der Waals surface area contributed by atoms with Crippen LogP contribution < -0.4 is 19.9 Å². The molecule has 6 nitrogen and oxygen atoms in total. The first-order valence-electron chi connectivity index (χ1n) is 10.3. The summed E-state index contributed by atoms with van der Waals surface area (Å²) in [5, 5.41) is 0.915. The molecule has 0 saturated carbocycles. The SMILES string of the molecule is COc1cccc(N(Cc2cc3cc(C)ccc3[nH]c2=O)C(=O)COc2ccccc2)c1. The molecular formula is C26H24N2O4. The molecule has 0 spiro atoms. The molecule has 0 radical (unpaired) electrons. The summed E-state index contributed by atoms with van der Waals surface area (Å²) >= 11 is 0. The van der Waals surface area contributed by atoms with Crippen LogP contribution in [0.3, 0.4) is 0 Å². The Kier molecular flexibility index (Phi) is 6.22. The van der Waals surface area contributed by atoms with Crippen molar-refractivity contribution in [2.75, 3.05) is 18.6 Å². The number of hydrogen-bond acceptors (Lipinski definition) is 4. The van der Waals surface area contributed by atoms with Crippen LogP contribution in [-0.2, 0) is 11.3 Å². The minimum atomic E-state index is -0.272. The lowest BCUT2D eigenvalue weighted by Crippen LogP contribution is -2.36. The molecule has 0 saturated heterocycles. The number of hydrogen-bond donors (Lipinski definition) is 1. The average Bonchev–Trinajstić information content (AvgIpc) is 2.82.